The highest BCUT2D eigenvalue weighted by Crippen LogP contribution is 2.11. The molecule has 0 aromatic carbocycles. The van der Waals surface area contributed by atoms with Gasteiger partial charge in [0.05, 0.1) is 5.69 Å². The van der Waals surface area contributed by atoms with Crippen molar-refractivity contribution in [2.24, 2.45) is 0 Å². The zero-order valence-electron chi connectivity index (χ0n) is 11.5. The van der Waals surface area contributed by atoms with Crippen molar-refractivity contribution >= 4 is 23.8 Å². The van der Waals surface area contributed by atoms with Gasteiger partial charge in [-0.15, -0.1) is 5.10 Å². The molecule has 0 aliphatic rings. The number of alkyl carbamates (subject to hydrolysis) is 1. The quantitative estimate of drug-likeness (QED) is 0.718. The van der Waals surface area contributed by atoms with Gasteiger partial charge in [0.1, 0.15) is 11.6 Å². The molecule has 0 aliphatic heterocycles. The first kappa shape index (κ1) is 16.3. The highest BCUT2D eigenvalue weighted by molar-refractivity contribution is 7.98. The number of aromatic amines is 1. The number of hydrogen-bond acceptors (Lipinski definition) is 6. The van der Waals surface area contributed by atoms with E-state index in [4.69, 9.17) is 9.84 Å². The lowest BCUT2D eigenvalue weighted by Gasteiger charge is -2.21. The Kier molecular flexibility index (Phi) is 5.81. The van der Waals surface area contributed by atoms with E-state index in [9.17, 15) is 9.59 Å². The molecule has 0 bridgehead atoms. The largest absolute Gasteiger partial charge is 0.480 e. The van der Waals surface area contributed by atoms with Crippen LogP contribution in [-0.4, -0.2) is 50.0 Å². The molecule has 3 N–H and O–H groups in total. The van der Waals surface area contributed by atoms with Crippen molar-refractivity contribution in [1.29, 1.82) is 0 Å². The van der Waals surface area contributed by atoms with Gasteiger partial charge in [-0.25, -0.2) is 9.59 Å². The second-order valence-corrected chi connectivity index (χ2v) is 6.05. The molecule has 1 amide bonds. The van der Waals surface area contributed by atoms with Crippen molar-refractivity contribution in [2.45, 2.75) is 38.2 Å². The minimum Gasteiger partial charge on any atom is -0.480 e. The standard InChI is InChI=1S/C11H18N4O4S/c1-11(2,3)19-10(18)13-8(9(16)17)6-20-5-7-4-12-15-14-7/h4,8H,5-6H2,1-3H3,(H,13,18)(H,16,17)(H,12,14,15). The number of carboxylic acid groups (broad SMARTS) is 1. The minimum atomic E-state index is -1.11. The summed E-state index contributed by atoms with van der Waals surface area (Å²) in [6, 6.07) is -1.01. The lowest BCUT2D eigenvalue weighted by molar-refractivity contribution is -0.138. The number of rotatable bonds is 6. The fourth-order valence-electron chi connectivity index (χ4n) is 1.20. The van der Waals surface area contributed by atoms with Gasteiger partial charge in [0.25, 0.3) is 0 Å². The lowest BCUT2D eigenvalue weighted by atomic mass is 10.2. The summed E-state index contributed by atoms with van der Waals surface area (Å²) in [4.78, 5) is 22.6. The second kappa shape index (κ2) is 7.13. The van der Waals surface area contributed by atoms with Crippen molar-refractivity contribution in [2.75, 3.05) is 5.75 Å². The van der Waals surface area contributed by atoms with E-state index in [0.29, 0.717) is 5.75 Å². The predicted molar refractivity (Wildman–Crippen MR) is 73.3 cm³/mol. The number of carbonyl (C=O) groups excluding carboxylic acids is 1. The minimum absolute atomic E-state index is 0.210. The zero-order chi connectivity index (χ0) is 15.2. The monoisotopic (exact) mass is 302 g/mol. The third-order valence-electron chi connectivity index (χ3n) is 1.99. The van der Waals surface area contributed by atoms with Gasteiger partial charge in [-0.3, -0.25) is 5.10 Å². The first-order valence-corrected chi connectivity index (χ1v) is 7.09. The third-order valence-corrected chi connectivity index (χ3v) is 3.06. The molecule has 1 aromatic heterocycles. The average molecular weight is 302 g/mol. The van der Waals surface area contributed by atoms with Gasteiger partial charge in [0, 0.05) is 17.7 Å². The molecule has 0 fully saturated rings. The summed E-state index contributed by atoms with van der Waals surface area (Å²) in [6.45, 7) is 5.13. The van der Waals surface area contributed by atoms with Gasteiger partial charge >= 0.3 is 12.1 Å². The first-order chi connectivity index (χ1) is 9.28. The number of aromatic nitrogens is 3. The predicted octanol–water partition coefficient (Wildman–Crippen LogP) is 1.02. The Morgan fingerprint density at radius 3 is 2.75 bits per heavy atom. The van der Waals surface area contributed by atoms with Crippen molar-refractivity contribution < 1.29 is 19.4 Å². The van der Waals surface area contributed by atoms with E-state index in [1.165, 1.54) is 11.8 Å². The topological polar surface area (TPSA) is 117 Å². The van der Waals surface area contributed by atoms with Gasteiger partial charge in [-0.2, -0.15) is 11.8 Å². The van der Waals surface area contributed by atoms with E-state index in [-0.39, 0.29) is 5.75 Å². The third kappa shape index (κ3) is 6.41. The van der Waals surface area contributed by atoms with Crippen LogP contribution in [0.25, 0.3) is 0 Å². The molecule has 112 valence electrons. The molecule has 1 unspecified atom stereocenters. The Morgan fingerprint density at radius 2 is 2.25 bits per heavy atom. The molecule has 0 spiro atoms. The fourth-order valence-corrected chi connectivity index (χ4v) is 2.13. The number of aliphatic carboxylic acids is 1. The van der Waals surface area contributed by atoms with E-state index < -0.39 is 23.7 Å². The Hall–Kier alpha value is -1.77. The summed E-state index contributed by atoms with van der Waals surface area (Å²) in [7, 11) is 0. The van der Waals surface area contributed by atoms with Gasteiger partial charge in [0.15, 0.2) is 0 Å². The van der Waals surface area contributed by atoms with E-state index >= 15 is 0 Å². The van der Waals surface area contributed by atoms with E-state index in [1.807, 2.05) is 0 Å². The van der Waals surface area contributed by atoms with E-state index in [1.54, 1.807) is 27.0 Å². The molecular weight excluding hydrogens is 284 g/mol. The molecule has 8 nitrogen and oxygen atoms in total. The molecule has 1 heterocycles. The molecule has 9 heteroatoms. The van der Waals surface area contributed by atoms with Gasteiger partial charge in [-0.1, -0.05) is 5.21 Å². The Morgan fingerprint density at radius 1 is 1.55 bits per heavy atom. The van der Waals surface area contributed by atoms with Crippen LogP contribution in [0.5, 0.6) is 0 Å². The molecule has 0 saturated carbocycles. The van der Waals surface area contributed by atoms with Gasteiger partial charge in [-0.05, 0) is 20.8 Å². The highest BCUT2D eigenvalue weighted by atomic mass is 32.2. The molecule has 1 rings (SSSR count). The molecule has 0 saturated heterocycles. The molecule has 0 aliphatic carbocycles. The normalized spacial score (nSPS) is 12.8. The summed E-state index contributed by atoms with van der Waals surface area (Å²) in [5.41, 5.74) is 0.0532. The average Bonchev–Trinajstić information content (AvgIpc) is 2.77. The van der Waals surface area contributed by atoms with Crippen molar-refractivity contribution in [3.63, 3.8) is 0 Å². The van der Waals surface area contributed by atoms with Crippen LogP contribution in [-0.2, 0) is 15.3 Å². The summed E-state index contributed by atoms with van der Waals surface area (Å²) >= 11 is 1.33. The second-order valence-electron chi connectivity index (χ2n) is 5.02. The number of ether oxygens (including phenoxy) is 1. The smallest absolute Gasteiger partial charge is 0.408 e. The van der Waals surface area contributed by atoms with Gasteiger partial charge < -0.3 is 15.2 Å². The molecule has 1 aromatic rings. The molecule has 1 atom stereocenters. The van der Waals surface area contributed by atoms with Crippen LogP contribution in [0.3, 0.4) is 0 Å². The Labute approximate surface area is 120 Å². The summed E-state index contributed by atoms with van der Waals surface area (Å²) in [5.74, 6) is -0.388. The maximum atomic E-state index is 11.5. The molecule has 20 heavy (non-hydrogen) atoms. The number of carboxylic acids is 1. The number of amides is 1. The Bertz CT molecular complexity index is 444. The Balaban J connectivity index is 2.40. The highest BCUT2D eigenvalue weighted by Gasteiger charge is 2.23. The number of nitrogens with one attached hydrogen (secondary N) is 2. The van der Waals surface area contributed by atoms with Crippen LogP contribution in [0, 0.1) is 0 Å². The van der Waals surface area contributed by atoms with Crippen LogP contribution in [0.15, 0.2) is 6.20 Å². The number of H-pyrrole nitrogens is 1. The van der Waals surface area contributed by atoms with Crippen LogP contribution < -0.4 is 5.32 Å². The van der Waals surface area contributed by atoms with Crippen LogP contribution in [0.2, 0.25) is 0 Å². The van der Waals surface area contributed by atoms with Crippen molar-refractivity contribution in [3.8, 4) is 0 Å². The lowest BCUT2D eigenvalue weighted by Crippen LogP contribution is -2.44. The summed E-state index contributed by atoms with van der Waals surface area (Å²) in [5, 5.41) is 21.3. The zero-order valence-corrected chi connectivity index (χ0v) is 12.4. The maximum Gasteiger partial charge on any atom is 0.408 e. The van der Waals surface area contributed by atoms with Crippen LogP contribution >= 0.6 is 11.8 Å². The SMILES string of the molecule is CC(C)(C)OC(=O)NC(CSCc1c[nH]nn1)C(=O)O. The van der Waals surface area contributed by atoms with Crippen LogP contribution in [0.1, 0.15) is 26.5 Å². The van der Waals surface area contributed by atoms with Crippen LogP contribution in [0.4, 0.5) is 4.79 Å². The number of thioether (sulfide) groups is 1. The number of nitrogens with zero attached hydrogens (tertiary/aromatic N) is 2. The van der Waals surface area contributed by atoms with E-state index in [2.05, 4.69) is 20.7 Å². The number of hydrogen-bond donors (Lipinski definition) is 3. The van der Waals surface area contributed by atoms with Crippen molar-refractivity contribution in [1.82, 2.24) is 20.7 Å². The van der Waals surface area contributed by atoms with E-state index in [0.717, 1.165) is 5.69 Å². The maximum absolute atomic E-state index is 11.5. The first-order valence-electron chi connectivity index (χ1n) is 5.93. The molecular formula is C11H18N4O4S. The van der Waals surface area contributed by atoms with Crippen molar-refractivity contribution in [3.05, 3.63) is 11.9 Å². The molecule has 0 radical (unpaired) electrons. The number of carbonyl (C=O) groups is 2. The van der Waals surface area contributed by atoms with Gasteiger partial charge in [0.2, 0.25) is 0 Å². The summed E-state index contributed by atoms with van der Waals surface area (Å²) < 4.78 is 5.02. The summed E-state index contributed by atoms with van der Waals surface area (Å²) in [6.07, 6.45) is 0.885. The fraction of sp³-hybridized carbons (Fsp3) is 0.636.